The average Bonchev–Trinajstić information content (AvgIpc) is 3.09. The Hall–Kier alpha value is -3.11. The molecule has 1 aliphatic rings. The average molecular weight is 413 g/mol. The van der Waals surface area contributed by atoms with E-state index in [-0.39, 0.29) is 5.95 Å². The Morgan fingerprint density at radius 3 is 2.60 bits per heavy atom. The first kappa shape index (κ1) is 20.2. The summed E-state index contributed by atoms with van der Waals surface area (Å²) in [5.41, 5.74) is 8.19. The van der Waals surface area contributed by atoms with Gasteiger partial charge in [-0.25, -0.2) is 4.98 Å². The molecule has 0 atom stereocenters. The Balaban J connectivity index is 1.65. The van der Waals surface area contributed by atoms with E-state index in [4.69, 9.17) is 24.9 Å². The Kier molecular flexibility index (Phi) is 5.86. The van der Waals surface area contributed by atoms with Gasteiger partial charge in [0.15, 0.2) is 28.5 Å². The van der Waals surface area contributed by atoms with Crippen LogP contribution in [-0.4, -0.2) is 78.0 Å². The van der Waals surface area contributed by atoms with E-state index in [2.05, 4.69) is 20.2 Å². The molecule has 4 rings (SSSR count). The van der Waals surface area contributed by atoms with Crippen molar-refractivity contribution in [3.05, 3.63) is 24.0 Å². The van der Waals surface area contributed by atoms with Gasteiger partial charge in [0.25, 0.3) is 0 Å². The van der Waals surface area contributed by atoms with Crippen LogP contribution in [0.3, 0.4) is 0 Å². The molecule has 1 saturated heterocycles. The van der Waals surface area contributed by atoms with E-state index in [0.717, 1.165) is 50.9 Å². The lowest BCUT2D eigenvalue weighted by Gasteiger charge is -2.26. The largest absolute Gasteiger partial charge is 0.493 e. The van der Waals surface area contributed by atoms with Crippen LogP contribution in [0, 0.1) is 6.92 Å². The number of nitrogen functional groups attached to an aromatic ring is 1. The topological polar surface area (TPSA) is 113 Å². The fourth-order valence-electron chi connectivity index (χ4n) is 3.64. The fourth-order valence-corrected chi connectivity index (χ4v) is 3.64. The lowest BCUT2D eigenvalue weighted by atomic mass is 10.2. The van der Waals surface area contributed by atoms with E-state index < -0.39 is 0 Å². The van der Waals surface area contributed by atoms with Gasteiger partial charge >= 0.3 is 0 Å². The highest BCUT2D eigenvalue weighted by molar-refractivity contribution is 5.86. The van der Waals surface area contributed by atoms with Crippen molar-refractivity contribution in [1.29, 1.82) is 0 Å². The van der Waals surface area contributed by atoms with E-state index in [0.29, 0.717) is 28.5 Å². The van der Waals surface area contributed by atoms with Crippen molar-refractivity contribution in [3.8, 4) is 17.2 Å². The number of hydrogen-bond donors (Lipinski definition) is 2. The van der Waals surface area contributed by atoms with Gasteiger partial charge in [0.05, 0.1) is 33.1 Å². The maximum atomic E-state index is 6.02. The predicted molar refractivity (Wildman–Crippen MR) is 115 cm³/mol. The summed E-state index contributed by atoms with van der Waals surface area (Å²) in [6.45, 7) is 6.98. The molecule has 3 aromatic rings. The van der Waals surface area contributed by atoms with E-state index in [9.17, 15) is 0 Å². The number of anilines is 2. The normalized spacial score (nSPS) is 14.8. The molecule has 3 N–H and O–H groups in total. The standard InChI is InChI=1S/C20H27N7O3/c1-13-23-17-18(22-6-7-26-8-10-30-11-9-26)24-20(21)25-19(17)27(13)14-4-5-15(28-2)16(12-14)29-3/h4-5,12H,6-11H2,1-3H3,(H3,21,22,24,25). The lowest BCUT2D eigenvalue weighted by Crippen LogP contribution is -2.39. The second kappa shape index (κ2) is 8.72. The first-order valence-electron chi connectivity index (χ1n) is 9.89. The Morgan fingerprint density at radius 1 is 1.10 bits per heavy atom. The number of hydrogen-bond acceptors (Lipinski definition) is 9. The maximum absolute atomic E-state index is 6.02. The number of morpholine rings is 1. The zero-order valence-electron chi connectivity index (χ0n) is 17.5. The third-order valence-corrected chi connectivity index (χ3v) is 5.14. The molecule has 0 saturated carbocycles. The fraction of sp³-hybridized carbons (Fsp3) is 0.450. The minimum absolute atomic E-state index is 0.193. The number of benzene rings is 1. The number of aryl methyl sites for hydroxylation is 1. The highest BCUT2D eigenvalue weighted by Crippen LogP contribution is 2.32. The summed E-state index contributed by atoms with van der Waals surface area (Å²) in [4.78, 5) is 15.9. The second-order valence-electron chi connectivity index (χ2n) is 7.02. The molecule has 1 aromatic carbocycles. The van der Waals surface area contributed by atoms with Crippen molar-refractivity contribution in [2.24, 2.45) is 0 Å². The third kappa shape index (κ3) is 3.96. The molecule has 0 bridgehead atoms. The number of aromatic nitrogens is 4. The highest BCUT2D eigenvalue weighted by atomic mass is 16.5. The van der Waals surface area contributed by atoms with Crippen molar-refractivity contribution >= 4 is 22.9 Å². The number of fused-ring (bicyclic) bond motifs is 1. The van der Waals surface area contributed by atoms with E-state index >= 15 is 0 Å². The molecule has 0 aliphatic carbocycles. The summed E-state index contributed by atoms with van der Waals surface area (Å²) in [6, 6.07) is 5.67. The summed E-state index contributed by atoms with van der Waals surface area (Å²) >= 11 is 0. The van der Waals surface area contributed by atoms with Gasteiger partial charge in [-0.2, -0.15) is 9.97 Å². The quantitative estimate of drug-likeness (QED) is 0.594. The first-order valence-corrected chi connectivity index (χ1v) is 9.89. The predicted octanol–water partition coefficient (Wildman–Crippen LogP) is 1.47. The molecule has 0 radical (unpaired) electrons. The van der Waals surface area contributed by atoms with E-state index in [1.807, 2.05) is 29.7 Å². The Labute approximate surface area is 175 Å². The SMILES string of the molecule is COc1ccc(-n2c(C)nc3c(NCCN4CCOCC4)nc(N)nc32)cc1OC. The highest BCUT2D eigenvalue weighted by Gasteiger charge is 2.18. The summed E-state index contributed by atoms with van der Waals surface area (Å²) < 4.78 is 18.1. The van der Waals surface area contributed by atoms with Gasteiger partial charge in [0.1, 0.15) is 5.82 Å². The molecule has 30 heavy (non-hydrogen) atoms. The zero-order chi connectivity index (χ0) is 21.1. The molecule has 0 amide bonds. The number of nitrogens with one attached hydrogen (secondary N) is 1. The van der Waals surface area contributed by atoms with Crippen molar-refractivity contribution in [2.75, 3.05) is 64.7 Å². The number of methoxy groups -OCH3 is 2. The molecule has 160 valence electrons. The monoisotopic (exact) mass is 413 g/mol. The number of imidazole rings is 1. The van der Waals surface area contributed by atoms with Gasteiger partial charge in [-0.15, -0.1) is 0 Å². The molecular formula is C20H27N7O3. The molecule has 1 aliphatic heterocycles. The van der Waals surface area contributed by atoms with Crippen LogP contribution in [0.2, 0.25) is 0 Å². The van der Waals surface area contributed by atoms with Crippen molar-refractivity contribution in [1.82, 2.24) is 24.4 Å². The number of ether oxygens (including phenoxy) is 3. The molecule has 0 spiro atoms. The van der Waals surface area contributed by atoms with Gasteiger partial charge in [-0.1, -0.05) is 0 Å². The van der Waals surface area contributed by atoms with Crippen LogP contribution in [0.1, 0.15) is 5.82 Å². The molecule has 3 heterocycles. The Morgan fingerprint density at radius 2 is 1.87 bits per heavy atom. The van der Waals surface area contributed by atoms with Crippen LogP contribution in [-0.2, 0) is 4.74 Å². The molecule has 10 heteroatoms. The van der Waals surface area contributed by atoms with Gasteiger partial charge < -0.3 is 25.3 Å². The first-order chi connectivity index (χ1) is 14.6. The molecular weight excluding hydrogens is 386 g/mol. The van der Waals surface area contributed by atoms with Crippen molar-refractivity contribution < 1.29 is 14.2 Å². The molecule has 0 unspecified atom stereocenters. The van der Waals surface area contributed by atoms with Crippen LogP contribution in [0.4, 0.5) is 11.8 Å². The smallest absolute Gasteiger partial charge is 0.224 e. The minimum Gasteiger partial charge on any atom is -0.493 e. The molecule has 2 aromatic heterocycles. The van der Waals surface area contributed by atoms with Crippen LogP contribution in [0.25, 0.3) is 16.9 Å². The summed E-state index contributed by atoms with van der Waals surface area (Å²) in [5.74, 6) is 2.88. The minimum atomic E-state index is 0.193. The second-order valence-corrected chi connectivity index (χ2v) is 7.02. The summed E-state index contributed by atoms with van der Waals surface area (Å²) in [5, 5.41) is 3.37. The van der Waals surface area contributed by atoms with Gasteiger partial charge in [0, 0.05) is 32.2 Å². The number of nitrogens with zero attached hydrogens (tertiary/aromatic N) is 5. The van der Waals surface area contributed by atoms with E-state index in [1.165, 1.54) is 0 Å². The van der Waals surface area contributed by atoms with Crippen LogP contribution >= 0.6 is 0 Å². The van der Waals surface area contributed by atoms with E-state index in [1.54, 1.807) is 14.2 Å². The molecule has 10 nitrogen and oxygen atoms in total. The van der Waals surface area contributed by atoms with Crippen LogP contribution in [0.15, 0.2) is 18.2 Å². The summed E-state index contributed by atoms with van der Waals surface area (Å²) in [7, 11) is 3.22. The third-order valence-electron chi connectivity index (χ3n) is 5.14. The zero-order valence-corrected chi connectivity index (χ0v) is 17.5. The van der Waals surface area contributed by atoms with Gasteiger partial charge in [-0.05, 0) is 19.1 Å². The lowest BCUT2D eigenvalue weighted by molar-refractivity contribution is 0.0398. The van der Waals surface area contributed by atoms with Gasteiger partial charge in [-0.3, -0.25) is 9.47 Å². The van der Waals surface area contributed by atoms with Crippen LogP contribution < -0.4 is 20.5 Å². The van der Waals surface area contributed by atoms with Gasteiger partial charge in [0.2, 0.25) is 5.95 Å². The Bertz CT molecular complexity index is 1030. The maximum Gasteiger partial charge on any atom is 0.224 e. The molecule has 1 fully saturated rings. The summed E-state index contributed by atoms with van der Waals surface area (Å²) in [6.07, 6.45) is 0. The van der Waals surface area contributed by atoms with Crippen molar-refractivity contribution in [3.63, 3.8) is 0 Å². The number of nitrogens with two attached hydrogens (primary N) is 1. The van der Waals surface area contributed by atoms with Crippen LogP contribution in [0.5, 0.6) is 11.5 Å². The van der Waals surface area contributed by atoms with Crippen molar-refractivity contribution in [2.45, 2.75) is 6.92 Å². The number of rotatable bonds is 7.